The first-order valence-electron chi connectivity index (χ1n) is 40.4. The van der Waals surface area contributed by atoms with Crippen molar-refractivity contribution >= 4 is 11.9 Å². The fourth-order valence-electron chi connectivity index (χ4n) is 13.2. The number of hydrogen-bond acceptors (Lipinski definition) is 5. The highest BCUT2D eigenvalue weighted by Crippen LogP contribution is 2.20. The fourth-order valence-corrected chi connectivity index (χ4v) is 13.2. The summed E-state index contributed by atoms with van der Waals surface area (Å²) in [5, 5.41) is 23.5. The lowest BCUT2D eigenvalue weighted by Crippen LogP contribution is -2.45. The summed E-state index contributed by atoms with van der Waals surface area (Å²) >= 11 is 0. The molecule has 0 aromatic heterocycles. The molecule has 0 saturated carbocycles. The third-order valence-corrected chi connectivity index (χ3v) is 19.3. The SMILES string of the molecule is CCCCCCCCCCCCCCCCCCCCCCCCC(O)C(CO)NC(=O)CCCCCCCCCCCCCCCC/C=C\CCCCCCCCCCCCCCOC(=O)CCCCCCCCCCCCCCCCCCCC. The molecule has 0 spiro atoms. The second-order valence-electron chi connectivity index (χ2n) is 28.1. The molecule has 0 radical (unpaired) electrons. The van der Waals surface area contributed by atoms with E-state index >= 15 is 0 Å². The van der Waals surface area contributed by atoms with E-state index in [9.17, 15) is 19.8 Å². The largest absolute Gasteiger partial charge is 0.466 e. The second kappa shape index (κ2) is 77.1. The van der Waals surface area contributed by atoms with Gasteiger partial charge in [-0.25, -0.2) is 0 Å². The normalized spacial score (nSPS) is 12.5. The van der Waals surface area contributed by atoms with Crippen LogP contribution in [0.15, 0.2) is 12.2 Å². The number of ether oxygens (including phenoxy) is 1. The van der Waals surface area contributed by atoms with Crippen LogP contribution in [-0.4, -0.2) is 47.4 Å². The molecule has 3 N–H and O–H groups in total. The second-order valence-corrected chi connectivity index (χ2v) is 28.1. The maximum atomic E-state index is 12.6. The van der Waals surface area contributed by atoms with E-state index in [4.69, 9.17) is 4.74 Å². The molecular formula is C81H159NO5. The molecule has 0 bridgehead atoms. The Morgan fingerprint density at radius 1 is 0.310 bits per heavy atom. The van der Waals surface area contributed by atoms with Crippen LogP contribution in [0.4, 0.5) is 0 Å². The molecule has 1 amide bonds. The monoisotopic (exact) mass is 1230 g/mol. The lowest BCUT2D eigenvalue weighted by molar-refractivity contribution is -0.143. The van der Waals surface area contributed by atoms with E-state index in [1.165, 1.54) is 398 Å². The molecule has 0 fully saturated rings. The zero-order valence-corrected chi connectivity index (χ0v) is 59.5. The minimum absolute atomic E-state index is 0.0230. The average Bonchev–Trinajstić information content (AvgIpc) is 3.57. The number of allylic oxidation sites excluding steroid dienone is 2. The summed E-state index contributed by atoms with van der Waals surface area (Å²) in [4.78, 5) is 24.7. The molecule has 0 rings (SSSR count). The molecule has 0 heterocycles. The van der Waals surface area contributed by atoms with Crippen molar-refractivity contribution in [2.75, 3.05) is 13.2 Å². The van der Waals surface area contributed by atoms with Gasteiger partial charge in [0.05, 0.1) is 25.4 Å². The highest BCUT2D eigenvalue weighted by Gasteiger charge is 2.20. The van der Waals surface area contributed by atoms with Gasteiger partial charge in [0, 0.05) is 12.8 Å². The van der Waals surface area contributed by atoms with Crippen LogP contribution >= 0.6 is 0 Å². The fraction of sp³-hybridized carbons (Fsp3) is 0.951. The van der Waals surface area contributed by atoms with Crippen LogP contribution in [0.3, 0.4) is 0 Å². The maximum absolute atomic E-state index is 12.6. The maximum Gasteiger partial charge on any atom is 0.305 e. The number of amides is 1. The van der Waals surface area contributed by atoms with Crippen LogP contribution in [0.1, 0.15) is 470 Å². The van der Waals surface area contributed by atoms with Crippen molar-refractivity contribution in [2.45, 2.75) is 482 Å². The van der Waals surface area contributed by atoms with E-state index in [2.05, 4.69) is 31.3 Å². The van der Waals surface area contributed by atoms with E-state index in [1.54, 1.807) is 0 Å². The Bertz CT molecular complexity index is 1320. The Kier molecular flexibility index (Phi) is 75.8. The Hall–Kier alpha value is -1.40. The van der Waals surface area contributed by atoms with E-state index in [1.807, 2.05) is 0 Å². The van der Waals surface area contributed by atoms with Crippen molar-refractivity contribution < 1.29 is 24.5 Å². The van der Waals surface area contributed by atoms with Crippen LogP contribution in [-0.2, 0) is 14.3 Å². The van der Waals surface area contributed by atoms with Gasteiger partial charge in [-0.15, -0.1) is 0 Å². The van der Waals surface area contributed by atoms with Gasteiger partial charge in [-0.2, -0.15) is 0 Å². The van der Waals surface area contributed by atoms with Gasteiger partial charge >= 0.3 is 5.97 Å². The molecule has 0 aromatic carbocycles. The van der Waals surface area contributed by atoms with Gasteiger partial charge in [0.15, 0.2) is 0 Å². The molecule has 6 nitrogen and oxygen atoms in total. The van der Waals surface area contributed by atoms with Gasteiger partial charge in [0.2, 0.25) is 5.91 Å². The Morgan fingerprint density at radius 3 is 0.816 bits per heavy atom. The molecular weight excluding hydrogens is 1070 g/mol. The van der Waals surface area contributed by atoms with Gasteiger partial charge in [0.25, 0.3) is 0 Å². The average molecular weight is 1230 g/mol. The number of aliphatic hydroxyl groups excluding tert-OH is 2. The van der Waals surface area contributed by atoms with Crippen molar-refractivity contribution in [3.63, 3.8) is 0 Å². The number of carbonyl (C=O) groups is 2. The predicted octanol–water partition coefficient (Wildman–Crippen LogP) is 26.7. The number of aliphatic hydroxyl groups is 2. The molecule has 0 aliphatic carbocycles. The summed E-state index contributed by atoms with van der Waals surface area (Å²) in [5.74, 6) is -0.00458. The zero-order chi connectivity index (χ0) is 62.8. The van der Waals surface area contributed by atoms with Gasteiger partial charge < -0.3 is 20.3 Å². The van der Waals surface area contributed by atoms with Crippen molar-refractivity contribution in [1.82, 2.24) is 5.32 Å². The van der Waals surface area contributed by atoms with Crippen LogP contribution < -0.4 is 5.32 Å². The van der Waals surface area contributed by atoms with Crippen LogP contribution in [0.5, 0.6) is 0 Å². The third kappa shape index (κ3) is 73.5. The van der Waals surface area contributed by atoms with Crippen molar-refractivity contribution in [3.8, 4) is 0 Å². The molecule has 0 aliphatic rings. The lowest BCUT2D eigenvalue weighted by atomic mass is 10.0. The predicted molar refractivity (Wildman–Crippen MR) is 384 cm³/mol. The van der Waals surface area contributed by atoms with Crippen LogP contribution in [0, 0.1) is 0 Å². The molecule has 2 atom stereocenters. The summed E-state index contributed by atoms with van der Waals surface area (Å²) in [6, 6.07) is -0.541. The highest BCUT2D eigenvalue weighted by atomic mass is 16.5. The summed E-state index contributed by atoms with van der Waals surface area (Å²) in [7, 11) is 0. The van der Waals surface area contributed by atoms with Gasteiger partial charge in [-0.1, -0.05) is 418 Å². The molecule has 6 heteroatoms. The summed E-state index contributed by atoms with van der Waals surface area (Å²) < 4.78 is 5.52. The smallest absolute Gasteiger partial charge is 0.305 e. The lowest BCUT2D eigenvalue weighted by Gasteiger charge is -2.22. The van der Waals surface area contributed by atoms with Gasteiger partial charge in [-0.05, 0) is 51.4 Å². The van der Waals surface area contributed by atoms with Crippen LogP contribution in [0.25, 0.3) is 0 Å². The Balaban J connectivity index is 3.35. The molecule has 0 aliphatic heterocycles. The first-order chi connectivity index (χ1) is 43.0. The number of nitrogens with one attached hydrogen (secondary N) is 1. The molecule has 518 valence electrons. The minimum Gasteiger partial charge on any atom is -0.466 e. The summed E-state index contributed by atoms with van der Waals surface area (Å²) in [6.07, 6.45) is 97.3. The number of rotatable bonds is 77. The first kappa shape index (κ1) is 85.6. The van der Waals surface area contributed by atoms with E-state index < -0.39 is 12.1 Å². The van der Waals surface area contributed by atoms with Crippen LogP contribution in [0.2, 0.25) is 0 Å². The quantitative estimate of drug-likeness (QED) is 0.0320. The van der Waals surface area contributed by atoms with E-state index in [0.29, 0.717) is 25.9 Å². The summed E-state index contributed by atoms with van der Waals surface area (Å²) in [6.45, 7) is 5.02. The number of carbonyl (C=O) groups excluding carboxylic acids is 2. The van der Waals surface area contributed by atoms with E-state index in [-0.39, 0.29) is 18.5 Å². The van der Waals surface area contributed by atoms with Crippen molar-refractivity contribution in [2.24, 2.45) is 0 Å². The topological polar surface area (TPSA) is 95.9 Å². The number of unbranched alkanes of at least 4 members (excludes halogenated alkanes) is 64. The van der Waals surface area contributed by atoms with Gasteiger partial charge in [-0.3, -0.25) is 9.59 Å². The zero-order valence-electron chi connectivity index (χ0n) is 59.5. The molecule has 87 heavy (non-hydrogen) atoms. The van der Waals surface area contributed by atoms with Gasteiger partial charge in [0.1, 0.15) is 0 Å². The molecule has 0 saturated heterocycles. The number of esters is 1. The first-order valence-corrected chi connectivity index (χ1v) is 40.4. The third-order valence-electron chi connectivity index (χ3n) is 19.3. The van der Waals surface area contributed by atoms with Crippen molar-refractivity contribution in [3.05, 3.63) is 12.2 Å². The van der Waals surface area contributed by atoms with Crippen molar-refractivity contribution in [1.29, 1.82) is 0 Å². The molecule has 0 aromatic rings. The Labute approximate surface area is 546 Å². The minimum atomic E-state index is -0.664. The number of hydrogen-bond donors (Lipinski definition) is 3. The Morgan fingerprint density at radius 2 is 0.540 bits per heavy atom. The van der Waals surface area contributed by atoms with E-state index in [0.717, 1.165) is 38.5 Å². The highest BCUT2D eigenvalue weighted by molar-refractivity contribution is 5.76. The summed E-state index contributed by atoms with van der Waals surface area (Å²) in [5.41, 5.74) is 0. The standard InChI is InChI=1S/C81H159NO5/c1-3-5-7-9-11-13-15-17-19-21-23-24-35-38-41-45-49-53-57-61-65-69-73-79(84)78(77-83)82-80(85)74-70-66-62-58-54-50-46-42-39-36-33-31-29-27-25-26-28-30-32-34-37-40-44-48-52-56-60-64-68-72-76-87-81(86)75-71-67-63-59-55-51-47-43-22-20-18-16-14-12-10-8-6-4-2/h26,28,78-79,83-84H,3-25,27,29-77H2,1-2H3,(H,82,85)/b28-26-. The molecule has 2 unspecified atom stereocenters.